The van der Waals surface area contributed by atoms with Gasteiger partial charge in [0.2, 0.25) is 5.91 Å². The highest BCUT2D eigenvalue weighted by molar-refractivity contribution is 5.89. The highest BCUT2D eigenvalue weighted by Crippen LogP contribution is 2.27. The highest BCUT2D eigenvalue weighted by atomic mass is 16.6. The van der Waals surface area contributed by atoms with Gasteiger partial charge in [0.05, 0.1) is 19.1 Å². The van der Waals surface area contributed by atoms with Crippen LogP contribution in [0.25, 0.3) is 10.4 Å². The molecule has 1 saturated heterocycles. The van der Waals surface area contributed by atoms with Crippen LogP contribution in [-0.2, 0) is 25.6 Å². The second kappa shape index (κ2) is 10.2. The fourth-order valence-corrected chi connectivity index (χ4v) is 3.43. The number of amides is 2. The monoisotopic (exact) mass is 431 g/mol. The van der Waals surface area contributed by atoms with E-state index in [0.717, 1.165) is 11.1 Å². The molecule has 10 nitrogen and oxygen atoms in total. The number of likely N-dealkylation sites (tertiary alicyclic amines) is 1. The van der Waals surface area contributed by atoms with Crippen molar-refractivity contribution in [2.45, 2.75) is 64.3 Å². The molecule has 2 rings (SSSR count). The van der Waals surface area contributed by atoms with Crippen molar-refractivity contribution in [1.29, 1.82) is 0 Å². The maximum absolute atomic E-state index is 13.2. The van der Waals surface area contributed by atoms with Gasteiger partial charge in [-0.2, -0.15) is 0 Å². The Morgan fingerprint density at radius 3 is 2.68 bits per heavy atom. The lowest BCUT2D eigenvalue weighted by Gasteiger charge is -2.26. The summed E-state index contributed by atoms with van der Waals surface area (Å²) in [7, 11) is 1.26. The van der Waals surface area contributed by atoms with Gasteiger partial charge in [-0.3, -0.25) is 4.79 Å². The van der Waals surface area contributed by atoms with Crippen molar-refractivity contribution in [3.05, 3.63) is 45.8 Å². The molecule has 2 amide bonds. The Morgan fingerprint density at radius 2 is 2.06 bits per heavy atom. The van der Waals surface area contributed by atoms with Gasteiger partial charge in [-0.05, 0) is 50.8 Å². The van der Waals surface area contributed by atoms with Gasteiger partial charge in [0.1, 0.15) is 11.6 Å². The SMILES string of the molecule is COC(=O)C1CC(N=[N+]=[N-])CN1C(=O)C(C)c1cccc(CNC(=O)OC(C)(C)C)c1. The van der Waals surface area contributed by atoms with E-state index in [0.29, 0.717) is 0 Å². The molecule has 1 aliphatic rings. The molecule has 31 heavy (non-hydrogen) atoms. The fourth-order valence-electron chi connectivity index (χ4n) is 3.43. The topological polar surface area (TPSA) is 134 Å². The van der Waals surface area contributed by atoms with Gasteiger partial charge in [-0.25, -0.2) is 9.59 Å². The Hall–Kier alpha value is -3.26. The minimum Gasteiger partial charge on any atom is -0.467 e. The highest BCUT2D eigenvalue weighted by Gasteiger charge is 2.41. The molecular weight excluding hydrogens is 402 g/mol. The summed E-state index contributed by atoms with van der Waals surface area (Å²) < 4.78 is 10.0. The van der Waals surface area contributed by atoms with E-state index >= 15 is 0 Å². The number of hydrogen-bond donors (Lipinski definition) is 1. The lowest BCUT2D eigenvalue weighted by Crippen LogP contribution is -2.43. The van der Waals surface area contributed by atoms with Crippen molar-refractivity contribution in [2.24, 2.45) is 5.11 Å². The number of rotatable bonds is 6. The van der Waals surface area contributed by atoms with E-state index in [9.17, 15) is 14.4 Å². The number of nitrogens with zero attached hydrogens (tertiary/aromatic N) is 4. The van der Waals surface area contributed by atoms with E-state index in [1.165, 1.54) is 12.0 Å². The Kier molecular flexibility index (Phi) is 7.88. The van der Waals surface area contributed by atoms with E-state index < -0.39 is 35.7 Å². The predicted molar refractivity (Wildman–Crippen MR) is 113 cm³/mol. The first-order valence-electron chi connectivity index (χ1n) is 10.0. The maximum Gasteiger partial charge on any atom is 0.407 e. The molecule has 1 N–H and O–H groups in total. The van der Waals surface area contributed by atoms with Crippen LogP contribution >= 0.6 is 0 Å². The first kappa shape index (κ1) is 24.0. The van der Waals surface area contributed by atoms with Gasteiger partial charge in [0.15, 0.2) is 0 Å². The summed E-state index contributed by atoms with van der Waals surface area (Å²) in [6, 6.07) is 6.02. The molecule has 0 saturated carbocycles. The van der Waals surface area contributed by atoms with E-state index in [1.54, 1.807) is 33.8 Å². The lowest BCUT2D eigenvalue weighted by molar-refractivity contribution is -0.151. The molecule has 10 heteroatoms. The van der Waals surface area contributed by atoms with Gasteiger partial charge in [0.25, 0.3) is 0 Å². The zero-order valence-electron chi connectivity index (χ0n) is 18.5. The van der Waals surface area contributed by atoms with Gasteiger partial charge in [-0.15, -0.1) is 0 Å². The Labute approximate surface area is 181 Å². The largest absolute Gasteiger partial charge is 0.467 e. The van der Waals surface area contributed by atoms with E-state index in [1.807, 2.05) is 18.2 Å². The standard InChI is InChI=1S/C21H29N5O5/c1-13(18(27)26-12-16(24-25-22)10-17(26)19(28)30-5)15-8-6-7-14(9-15)11-23-20(29)31-21(2,3)4/h6-9,13,16-17H,10-12H2,1-5H3,(H,23,29). The fraction of sp³-hybridized carbons (Fsp3) is 0.571. The quantitative estimate of drug-likeness (QED) is 0.319. The van der Waals surface area contributed by atoms with Crippen LogP contribution in [0.2, 0.25) is 0 Å². The molecule has 0 aromatic heterocycles. The molecule has 1 aromatic rings. The molecule has 0 bridgehead atoms. The van der Waals surface area contributed by atoms with Crippen molar-refractivity contribution >= 4 is 18.0 Å². The van der Waals surface area contributed by atoms with Crippen molar-refractivity contribution in [1.82, 2.24) is 10.2 Å². The summed E-state index contributed by atoms with van der Waals surface area (Å²) in [4.78, 5) is 41.4. The lowest BCUT2D eigenvalue weighted by atomic mass is 9.97. The van der Waals surface area contributed by atoms with Crippen LogP contribution < -0.4 is 5.32 Å². The smallest absolute Gasteiger partial charge is 0.407 e. The number of azide groups is 1. The third-order valence-corrected chi connectivity index (χ3v) is 4.91. The predicted octanol–water partition coefficient (Wildman–Crippen LogP) is 3.27. The van der Waals surface area contributed by atoms with Gasteiger partial charge >= 0.3 is 12.1 Å². The van der Waals surface area contributed by atoms with Crippen molar-refractivity contribution < 1.29 is 23.9 Å². The summed E-state index contributed by atoms with van der Waals surface area (Å²) in [5.41, 5.74) is 9.66. The number of esters is 1. The van der Waals surface area contributed by atoms with E-state index in [-0.39, 0.29) is 25.4 Å². The van der Waals surface area contributed by atoms with Gasteiger partial charge in [0, 0.05) is 18.0 Å². The minimum atomic E-state index is -0.785. The Balaban J connectivity index is 2.11. The number of methoxy groups -OCH3 is 1. The zero-order valence-corrected chi connectivity index (χ0v) is 18.5. The average Bonchev–Trinajstić information content (AvgIpc) is 3.13. The molecule has 0 radical (unpaired) electrons. The van der Waals surface area contributed by atoms with Crippen LogP contribution in [0.3, 0.4) is 0 Å². The number of ether oxygens (including phenoxy) is 2. The van der Waals surface area contributed by atoms with Crippen molar-refractivity contribution in [3.8, 4) is 0 Å². The molecular formula is C21H29N5O5. The second-order valence-electron chi connectivity index (χ2n) is 8.45. The summed E-state index contributed by atoms with van der Waals surface area (Å²) in [6.45, 7) is 7.51. The molecule has 1 heterocycles. The van der Waals surface area contributed by atoms with Crippen LogP contribution in [0.15, 0.2) is 29.4 Å². The molecule has 3 atom stereocenters. The average molecular weight is 431 g/mol. The zero-order chi connectivity index (χ0) is 23.2. The normalized spacial score (nSPS) is 19.2. The van der Waals surface area contributed by atoms with E-state index in [4.69, 9.17) is 15.0 Å². The minimum absolute atomic E-state index is 0.160. The van der Waals surface area contributed by atoms with Crippen LogP contribution in [0, 0.1) is 0 Å². The van der Waals surface area contributed by atoms with Crippen molar-refractivity contribution in [3.63, 3.8) is 0 Å². The molecule has 0 spiro atoms. The number of nitrogens with one attached hydrogen (secondary N) is 1. The number of benzene rings is 1. The third-order valence-electron chi connectivity index (χ3n) is 4.91. The molecule has 1 aliphatic heterocycles. The van der Waals surface area contributed by atoms with Crippen molar-refractivity contribution in [2.75, 3.05) is 13.7 Å². The maximum atomic E-state index is 13.2. The Morgan fingerprint density at radius 1 is 1.35 bits per heavy atom. The molecule has 0 aliphatic carbocycles. The third kappa shape index (κ3) is 6.62. The first-order valence-corrected chi connectivity index (χ1v) is 10.0. The second-order valence-corrected chi connectivity index (χ2v) is 8.45. The number of alkyl carbamates (subject to hydrolysis) is 1. The van der Waals surface area contributed by atoms with Gasteiger partial charge in [-0.1, -0.05) is 29.4 Å². The molecule has 1 aromatic carbocycles. The van der Waals surface area contributed by atoms with Crippen LogP contribution in [-0.4, -0.2) is 54.2 Å². The summed E-state index contributed by atoms with van der Waals surface area (Å²) in [5.74, 6) is -1.34. The summed E-state index contributed by atoms with van der Waals surface area (Å²) in [6.07, 6.45) is -0.293. The molecule has 1 fully saturated rings. The van der Waals surface area contributed by atoms with Crippen LogP contribution in [0.1, 0.15) is 51.2 Å². The number of carbonyl (C=O) groups is 3. The Bertz CT molecular complexity index is 875. The van der Waals surface area contributed by atoms with Gasteiger partial charge < -0.3 is 19.7 Å². The number of hydrogen-bond acceptors (Lipinski definition) is 6. The van der Waals surface area contributed by atoms with E-state index in [2.05, 4.69) is 15.3 Å². The summed E-state index contributed by atoms with van der Waals surface area (Å²) >= 11 is 0. The number of carbonyl (C=O) groups excluding carboxylic acids is 3. The van der Waals surface area contributed by atoms with Crippen LogP contribution in [0.4, 0.5) is 4.79 Å². The first-order chi connectivity index (χ1) is 14.6. The summed E-state index contributed by atoms with van der Waals surface area (Å²) in [5, 5.41) is 6.35. The molecule has 168 valence electrons. The van der Waals surface area contributed by atoms with Crippen LogP contribution in [0.5, 0.6) is 0 Å². The molecule has 3 unspecified atom stereocenters.